The number of benzene rings is 3. The number of nitrogens with zero attached hydrogens (tertiary/aromatic N) is 2. The van der Waals surface area contributed by atoms with Crippen molar-refractivity contribution in [2.24, 2.45) is 5.92 Å². The molecule has 2 N–H and O–H groups in total. The number of aliphatic carboxylic acids is 1. The van der Waals surface area contributed by atoms with Gasteiger partial charge in [-0.3, -0.25) is 14.4 Å². The first kappa shape index (κ1) is 29.9. The van der Waals surface area contributed by atoms with Crippen LogP contribution in [-0.2, 0) is 20.9 Å². The Labute approximate surface area is 251 Å². The van der Waals surface area contributed by atoms with Gasteiger partial charge in [-0.05, 0) is 65.9 Å². The lowest BCUT2D eigenvalue weighted by Gasteiger charge is -2.31. The van der Waals surface area contributed by atoms with Gasteiger partial charge in [0, 0.05) is 37.7 Å². The summed E-state index contributed by atoms with van der Waals surface area (Å²) in [7, 11) is 3.08. The van der Waals surface area contributed by atoms with Gasteiger partial charge in [-0.15, -0.1) is 0 Å². The van der Waals surface area contributed by atoms with Crippen molar-refractivity contribution in [2.45, 2.75) is 25.8 Å². The lowest BCUT2D eigenvalue weighted by Crippen LogP contribution is -2.36. The predicted octanol–water partition coefficient (Wildman–Crippen LogP) is 4.67. The largest absolute Gasteiger partial charge is 0.493 e. The van der Waals surface area contributed by atoms with E-state index in [1.165, 1.54) is 7.11 Å². The zero-order valence-corrected chi connectivity index (χ0v) is 24.5. The number of ether oxygens (including phenoxy) is 3. The second-order valence-electron chi connectivity index (χ2n) is 10.7. The van der Waals surface area contributed by atoms with Gasteiger partial charge in [0.05, 0.1) is 45.2 Å². The topological polar surface area (TPSA) is 118 Å². The van der Waals surface area contributed by atoms with Gasteiger partial charge in [-0.1, -0.05) is 24.3 Å². The van der Waals surface area contributed by atoms with Crippen LogP contribution in [0.2, 0.25) is 0 Å². The fourth-order valence-electron chi connectivity index (χ4n) is 5.22. The summed E-state index contributed by atoms with van der Waals surface area (Å²) in [5.74, 6) is -0.190. The van der Waals surface area contributed by atoms with E-state index in [9.17, 15) is 19.5 Å². The van der Waals surface area contributed by atoms with Crippen molar-refractivity contribution >= 4 is 29.2 Å². The van der Waals surface area contributed by atoms with Gasteiger partial charge in [0.15, 0.2) is 11.5 Å². The molecule has 0 unspecified atom stereocenters. The highest BCUT2D eigenvalue weighted by molar-refractivity contribution is 6.06. The number of morpholine rings is 1. The van der Waals surface area contributed by atoms with Crippen LogP contribution in [0.5, 0.6) is 11.5 Å². The number of hydrogen-bond donors (Lipinski definition) is 2. The maximum Gasteiger partial charge on any atom is 0.305 e. The highest BCUT2D eigenvalue weighted by Gasteiger charge is 2.33. The van der Waals surface area contributed by atoms with Crippen LogP contribution in [-0.4, -0.2) is 74.9 Å². The molecule has 10 heteroatoms. The molecule has 2 amide bonds. The van der Waals surface area contributed by atoms with Crippen LogP contribution in [0.3, 0.4) is 0 Å². The smallest absolute Gasteiger partial charge is 0.305 e. The number of hydrogen-bond acceptors (Lipinski definition) is 7. The van der Waals surface area contributed by atoms with E-state index in [1.807, 2.05) is 42.5 Å². The molecule has 0 radical (unpaired) electrons. The van der Waals surface area contributed by atoms with Crippen LogP contribution in [0.4, 0.5) is 11.4 Å². The highest BCUT2D eigenvalue weighted by atomic mass is 16.5. The Morgan fingerprint density at radius 3 is 2.40 bits per heavy atom. The van der Waals surface area contributed by atoms with Crippen LogP contribution in [0.25, 0.3) is 11.1 Å². The van der Waals surface area contributed by atoms with Gasteiger partial charge in [0.25, 0.3) is 5.91 Å². The molecule has 43 heavy (non-hydrogen) atoms. The molecular formula is C33H37N3O7. The number of carbonyl (C=O) groups excluding carboxylic acids is 2. The van der Waals surface area contributed by atoms with E-state index < -0.39 is 5.97 Å². The third-order valence-electron chi connectivity index (χ3n) is 7.71. The summed E-state index contributed by atoms with van der Waals surface area (Å²) in [5, 5.41) is 12.3. The van der Waals surface area contributed by atoms with Gasteiger partial charge in [0.2, 0.25) is 5.91 Å². The van der Waals surface area contributed by atoms with E-state index in [0.29, 0.717) is 55.6 Å². The maximum absolute atomic E-state index is 13.4. The standard InChI is InChI=1S/C33H37N3O7/c1-41-29-11-9-26(20-30(29)42-2)32(39)34-27-19-25(8-10-28(27)35-14-16-43-17-15-35)24-5-3-4-22(18-24)21-36(13-12-31(37)38)33(40)23-6-7-23/h3-5,8-11,18-20,23H,6-7,12-17,21H2,1-2H3,(H,34,39)(H,37,38). The summed E-state index contributed by atoms with van der Waals surface area (Å²) in [6, 6.07) is 18.9. The first-order valence-electron chi connectivity index (χ1n) is 14.5. The minimum absolute atomic E-state index is 0.00143. The van der Waals surface area contributed by atoms with Gasteiger partial charge in [-0.25, -0.2) is 0 Å². The fraction of sp³-hybridized carbons (Fsp3) is 0.364. The second-order valence-corrected chi connectivity index (χ2v) is 10.7. The Hall–Kier alpha value is -4.57. The fourth-order valence-corrected chi connectivity index (χ4v) is 5.22. The van der Waals surface area contributed by atoms with Gasteiger partial charge in [0.1, 0.15) is 0 Å². The lowest BCUT2D eigenvalue weighted by atomic mass is 10.0. The highest BCUT2D eigenvalue weighted by Crippen LogP contribution is 2.35. The van der Waals surface area contributed by atoms with E-state index in [4.69, 9.17) is 14.2 Å². The van der Waals surface area contributed by atoms with Gasteiger partial charge >= 0.3 is 5.97 Å². The summed E-state index contributed by atoms with van der Waals surface area (Å²) in [6.07, 6.45) is 1.62. The summed E-state index contributed by atoms with van der Waals surface area (Å²) >= 11 is 0. The van der Waals surface area contributed by atoms with Crippen molar-refractivity contribution in [3.05, 3.63) is 71.8 Å². The molecule has 1 saturated carbocycles. The van der Waals surface area contributed by atoms with Crippen molar-refractivity contribution in [3.8, 4) is 22.6 Å². The molecule has 0 spiro atoms. The zero-order valence-electron chi connectivity index (χ0n) is 24.5. The van der Waals surface area contributed by atoms with Crippen molar-refractivity contribution in [3.63, 3.8) is 0 Å². The van der Waals surface area contributed by atoms with Gasteiger partial charge < -0.3 is 34.4 Å². The molecule has 5 rings (SSSR count). The van der Waals surface area contributed by atoms with Crippen LogP contribution in [0, 0.1) is 5.92 Å². The number of carbonyl (C=O) groups is 3. The molecule has 0 atom stereocenters. The molecule has 2 fully saturated rings. The van der Waals surface area contributed by atoms with E-state index >= 15 is 0 Å². The average Bonchev–Trinajstić information content (AvgIpc) is 3.88. The van der Waals surface area contributed by atoms with Gasteiger partial charge in [-0.2, -0.15) is 0 Å². The first-order chi connectivity index (χ1) is 20.9. The minimum atomic E-state index is -0.926. The second kappa shape index (κ2) is 13.6. The van der Waals surface area contributed by atoms with E-state index in [0.717, 1.165) is 35.2 Å². The minimum Gasteiger partial charge on any atom is -0.493 e. The van der Waals surface area contributed by atoms with Crippen molar-refractivity contribution < 1.29 is 33.7 Å². The molecule has 0 bridgehead atoms. The quantitative estimate of drug-likeness (QED) is 0.314. The number of nitrogens with one attached hydrogen (secondary N) is 1. The number of carboxylic acids is 1. The summed E-state index contributed by atoms with van der Waals surface area (Å²) in [5.41, 5.74) is 4.71. The van der Waals surface area contributed by atoms with Crippen molar-refractivity contribution in [1.82, 2.24) is 4.90 Å². The molecule has 3 aromatic rings. The summed E-state index contributed by atoms with van der Waals surface area (Å²) < 4.78 is 16.3. The summed E-state index contributed by atoms with van der Waals surface area (Å²) in [4.78, 5) is 41.4. The van der Waals surface area contributed by atoms with Crippen LogP contribution >= 0.6 is 0 Å². The van der Waals surface area contributed by atoms with Crippen molar-refractivity contribution in [2.75, 3.05) is 57.3 Å². The maximum atomic E-state index is 13.4. The molecule has 3 aromatic carbocycles. The molecule has 1 aliphatic heterocycles. The molecule has 1 saturated heterocycles. The third kappa shape index (κ3) is 7.45. The third-order valence-corrected chi connectivity index (χ3v) is 7.71. The molecule has 10 nitrogen and oxygen atoms in total. The lowest BCUT2D eigenvalue weighted by molar-refractivity contribution is -0.139. The Bertz CT molecular complexity index is 1480. The number of methoxy groups -OCH3 is 2. The monoisotopic (exact) mass is 587 g/mol. The Morgan fingerprint density at radius 1 is 0.953 bits per heavy atom. The Morgan fingerprint density at radius 2 is 1.70 bits per heavy atom. The van der Waals surface area contributed by atoms with Crippen LogP contribution < -0.4 is 19.7 Å². The molecule has 226 valence electrons. The van der Waals surface area contributed by atoms with Crippen LogP contribution in [0.15, 0.2) is 60.7 Å². The average molecular weight is 588 g/mol. The number of rotatable bonds is 12. The number of amides is 2. The van der Waals surface area contributed by atoms with E-state index in [-0.39, 0.29) is 30.7 Å². The molecule has 1 heterocycles. The molecular weight excluding hydrogens is 550 g/mol. The predicted molar refractivity (Wildman–Crippen MR) is 163 cm³/mol. The van der Waals surface area contributed by atoms with E-state index in [1.54, 1.807) is 30.2 Å². The first-order valence-corrected chi connectivity index (χ1v) is 14.5. The van der Waals surface area contributed by atoms with E-state index in [2.05, 4.69) is 10.2 Å². The zero-order chi connectivity index (χ0) is 30.3. The normalized spacial score (nSPS) is 14.6. The summed E-state index contributed by atoms with van der Waals surface area (Å²) in [6.45, 7) is 3.13. The van der Waals surface area contributed by atoms with Crippen molar-refractivity contribution in [1.29, 1.82) is 0 Å². The number of carboxylic acid groups (broad SMARTS) is 1. The number of anilines is 2. The molecule has 0 aromatic heterocycles. The Balaban J connectivity index is 1.43. The van der Waals surface area contributed by atoms with Crippen LogP contribution in [0.1, 0.15) is 35.2 Å². The molecule has 2 aliphatic rings. The SMILES string of the molecule is COc1ccc(C(=O)Nc2cc(-c3cccc(CN(CCC(=O)O)C(=O)C4CC4)c3)ccc2N2CCOCC2)cc1OC. The Kier molecular flexibility index (Phi) is 9.46. The molecule has 1 aliphatic carbocycles.